The average Bonchev–Trinajstić information content (AvgIpc) is 2.54. The van der Waals surface area contributed by atoms with E-state index in [1.54, 1.807) is 13.2 Å². The molecule has 5 fully saturated rings. The lowest BCUT2D eigenvalue weighted by Crippen LogP contribution is -2.78. The van der Waals surface area contributed by atoms with Gasteiger partial charge in [0.05, 0.1) is 5.02 Å². The molecule has 4 bridgehead atoms. The van der Waals surface area contributed by atoms with Crippen LogP contribution in [0.3, 0.4) is 0 Å². The Kier molecular flexibility index (Phi) is 4.25. The van der Waals surface area contributed by atoms with Gasteiger partial charge in [-0.3, -0.25) is 9.79 Å². The zero-order valence-corrected chi connectivity index (χ0v) is 17.5. The average molecular weight is 451 g/mol. The molecule has 154 valence electrons. The van der Waals surface area contributed by atoms with Crippen molar-refractivity contribution in [3.63, 3.8) is 0 Å². The molecule has 4 aliphatic carbocycles. The SMILES string of the molecule is COC1(c2ccc(Cl)c(OP(=O)(O)O)c2)OOC12C1CC3C[C@@H]2CC(Cl)(C3)C1. The largest absolute Gasteiger partial charge is 0.524 e. The zero-order chi connectivity index (χ0) is 19.9. The number of methoxy groups -OCH3 is 1. The first-order valence-corrected chi connectivity index (χ1v) is 11.6. The summed E-state index contributed by atoms with van der Waals surface area (Å²) in [6.45, 7) is 0. The van der Waals surface area contributed by atoms with Crippen LogP contribution in [0.2, 0.25) is 5.02 Å². The second-order valence-corrected chi connectivity index (χ2v) is 10.9. The van der Waals surface area contributed by atoms with E-state index in [0.717, 1.165) is 32.1 Å². The number of hydrogen-bond donors (Lipinski definition) is 2. The number of hydrogen-bond acceptors (Lipinski definition) is 5. The van der Waals surface area contributed by atoms with Crippen molar-refractivity contribution in [2.45, 2.75) is 48.4 Å². The summed E-state index contributed by atoms with van der Waals surface area (Å²) in [6, 6.07) is 4.68. The molecule has 0 aromatic heterocycles. The Morgan fingerprint density at radius 2 is 1.86 bits per heavy atom. The molecule has 1 aromatic carbocycles. The third-order valence-corrected chi connectivity index (χ3v) is 8.16. The van der Waals surface area contributed by atoms with Crippen molar-refractivity contribution in [3.05, 3.63) is 28.8 Å². The minimum absolute atomic E-state index is 0.0809. The monoisotopic (exact) mass is 450 g/mol. The first-order valence-electron chi connectivity index (χ1n) is 9.27. The van der Waals surface area contributed by atoms with Gasteiger partial charge in [-0.25, -0.2) is 9.45 Å². The lowest BCUT2D eigenvalue weighted by atomic mass is 9.46. The first-order chi connectivity index (χ1) is 13.1. The number of phosphoric ester groups is 1. The lowest BCUT2D eigenvalue weighted by molar-refractivity contribution is -0.645. The van der Waals surface area contributed by atoms with Gasteiger partial charge in [-0.05, 0) is 62.0 Å². The van der Waals surface area contributed by atoms with E-state index < -0.39 is 19.2 Å². The summed E-state index contributed by atoms with van der Waals surface area (Å²) >= 11 is 13.0. The molecule has 1 aromatic rings. The number of ether oxygens (including phenoxy) is 1. The lowest BCUT2D eigenvalue weighted by Gasteiger charge is -2.70. The van der Waals surface area contributed by atoms with Gasteiger partial charge < -0.3 is 9.26 Å². The van der Waals surface area contributed by atoms with E-state index >= 15 is 0 Å². The predicted octanol–water partition coefficient (Wildman–Crippen LogP) is 4.13. The van der Waals surface area contributed by atoms with Crippen molar-refractivity contribution in [3.8, 4) is 5.75 Å². The minimum Gasteiger partial charge on any atom is -0.403 e. The van der Waals surface area contributed by atoms with Gasteiger partial charge >= 0.3 is 7.82 Å². The van der Waals surface area contributed by atoms with Gasteiger partial charge in [-0.2, -0.15) is 4.89 Å². The third-order valence-electron chi connectivity index (χ3n) is 6.95. The standard InChI is InChI=1S/C18H21Cl2O7P/c1-24-18(11-2-3-14(19)15(6-11)25-28(21,22)23)17(26-27-18)12-4-10-5-13(17)9-16(20,7-10)8-12/h2-3,6,10,12-13H,4-5,7-9H2,1H3,(H2,21,22,23)/t10?,12-,13?,16?,17?,18?/m1/s1. The van der Waals surface area contributed by atoms with Gasteiger partial charge in [0.15, 0.2) is 11.4 Å². The Morgan fingerprint density at radius 1 is 1.18 bits per heavy atom. The molecular formula is C18H21Cl2O7P. The maximum absolute atomic E-state index is 11.3. The van der Waals surface area contributed by atoms with Crippen molar-refractivity contribution in [2.24, 2.45) is 17.8 Å². The highest BCUT2D eigenvalue weighted by atomic mass is 35.5. The molecule has 7 nitrogen and oxygen atoms in total. The molecule has 1 heterocycles. The molecular weight excluding hydrogens is 430 g/mol. The van der Waals surface area contributed by atoms with E-state index in [4.69, 9.17) is 42.2 Å². The van der Waals surface area contributed by atoms with E-state index in [0.29, 0.717) is 11.5 Å². The summed E-state index contributed by atoms with van der Waals surface area (Å²) in [5.41, 5.74) is -0.144. The van der Waals surface area contributed by atoms with Crippen LogP contribution in [0.25, 0.3) is 0 Å². The molecule has 4 saturated carbocycles. The van der Waals surface area contributed by atoms with Gasteiger partial charge in [0.25, 0.3) is 5.79 Å². The van der Waals surface area contributed by atoms with Gasteiger partial charge in [-0.15, -0.1) is 11.6 Å². The number of alkyl halides is 1. The molecule has 2 N–H and O–H groups in total. The molecule has 0 amide bonds. The molecule has 1 spiro atoms. The van der Waals surface area contributed by atoms with E-state index in [1.165, 1.54) is 12.1 Å². The normalized spacial score (nSPS) is 44.0. The van der Waals surface area contributed by atoms with Crippen LogP contribution in [0.4, 0.5) is 0 Å². The highest BCUT2D eigenvalue weighted by Gasteiger charge is 2.78. The van der Waals surface area contributed by atoms with E-state index in [1.807, 2.05) is 0 Å². The molecule has 10 heteroatoms. The van der Waals surface area contributed by atoms with Crippen LogP contribution in [-0.2, 0) is 24.9 Å². The summed E-state index contributed by atoms with van der Waals surface area (Å²) in [5.74, 6) is -0.413. The minimum atomic E-state index is -4.77. The summed E-state index contributed by atoms with van der Waals surface area (Å²) in [5, 5.41) is 0.0809. The van der Waals surface area contributed by atoms with E-state index in [9.17, 15) is 14.4 Å². The van der Waals surface area contributed by atoms with Crippen molar-refractivity contribution in [1.82, 2.24) is 0 Å². The van der Waals surface area contributed by atoms with Crippen LogP contribution >= 0.6 is 31.0 Å². The quantitative estimate of drug-likeness (QED) is 0.404. The molecule has 1 aliphatic heterocycles. The van der Waals surface area contributed by atoms with Crippen molar-refractivity contribution < 1.29 is 33.4 Å². The molecule has 5 aliphatic rings. The van der Waals surface area contributed by atoms with Crippen LogP contribution in [0, 0.1) is 17.8 Å². The Labute approximate surface area is 172 Å². The molecule has 1 saturated heterocycles. The summed E-state index contributed by atoms with van der Waals surface area (Å²) < 4.78 is 22.0. The van der Waals surface area contributed by atoms with Crippen molar-refractivity contribution in [2.75, 3.05) is 7.11 Å². The molecule has 0 radical (unpaired) electrons. The Hall–Kier alpha value is -0.370. The van der Waals surface area contributed by atoms with Crippen molar-refractivity contribution in [1.29, 1.82) is 0 Å². The van der Waals surface area contributed by atoms with Gasteiger partial charge in [0.2, 0.25) is 0 Å². The maximum Gasteiger partial charge on any atom is 0.524 e. The van der Waals surface area contributed by atoms with Gasteiger partial charge in [0, 0.05) is 17.5 Å². The summed E-state index contributed by atoms with van der Waals surface area (Å²) in [4.78, 5) is 29.7. The van der Waals surface area contributed by atoms with Crippen LogP contribution in [0.1, 0.15) is 37.7 Å². The number of benzene rings is 1. The fourth-order valence-electron chi connectivity index (χ4n) is 6.25. The second-order valence-electron chi connectivity index (χ2n) is 8.50. The van der Waals surface area contributed by atoms with Crippen molar-refractivity contribution >= 4 is 31.0 Å². The Bertz CT molecular complexity index is 853. The van der Waals surface area contributed by atoms with Gasteiger partial charge in [0.1, 0.15) is 0 Å². The van der Waals surface area contributed by atoms with Crippen LogP contribution in [-0.4, -0.2) is 27.4 Å². The Morgan fingerprint density at radius 3 is 2.36 bits per heavy atom. The second kappa shape index (κ2) is 6.08. The van der Waals surface area contributed by atoms with Gasteiger partial charge in [-0.1, -0.05) is 17.7 Å². The van der Waals surface area contributed by atoms with E-state index in [-0.39, 0.29) is 27.5 Å². The molecule has 5 unspecified atom stereocenters. The highest BCUT2D eigenvalue weighted by Crippen LogP contribution is 2.71. The topological polar surface area (TPSA) is 94.5 Å². The predicted molar refractivity (Wildman–Crippen MR) is 99.9 cm³/mol. The van der Waals surface area contributed by atoms with Crippen LogP contribution < -0.4 is 4.52 Å². The molecule has 6 rings (SSSR count). The number of rotatable bonds is 4. The zero-order valence-electron chi connectivity index (χ0n) is 15.1. The fourth-order valence-corrected chi connectivity index (χ4v) is 7.46. The third kappa shape index (κ3) is 2.58. The first kappa shape index (κ1) is 19.6. The summed E-state index contributed by atoms with van der Waals surface area (Å²) in [7, 11) is -3.23. The van der Waals surface area contributed by atoms with Crippen LogP contribution in [0.15, 0.2) is 18.2 Å². The summed E-state index contributed by atoms with van der Waals surface area (Å²) in [6.07, 6.45) is 4.70. The fraction of sp³-hybridized carbons (Fsp3) is 0.667. The Balaban J connectivity index is 1.58. The number of phosphoric acid groups is 1. The maximum atomic E-state index is 11.3. The van der Waals surface area contributed by atoms with Crippen LogP contribution in [0.5, 0.6) is 5.75 Å². The van der Waals surface area contributed by atoms with E-state index in [2.05, 4.69) is 0 Å². The molecule has 6 atom stereocenters. The smallest absolute Gasteiger partial charge is 0.403 e. The number of halogens is 2. The highest BCUT2D eigenvalue weighted by molar-refractivity contribution is 7.46. The molecule has 28 heavy (non-hydrogen) atoms.